The first-order valence-electron chi connectivity index (χ1n) is 15.6. The number of alkyl halides is 2. The zero-order valence-electron chi connectivity index (χ0n) is 25.6. The Morgan fingerprint density at radius 1 is 0.667 bits per heavy atom. The Kier molecular flexibility index (Phi) is 13.9. The van der Waals surface area contributed by atoms with Gasteiger partial charge in [-0.05, 0) is 98.6 Å². The largest absolute Gasteiger partial charge is 0.508 e. The van der Waals surface area contributed by atoms with Gasteiger partial charge in [0.05, 0.1) is 12.2 Å². The van der Waals surface area contributed by atoms with E-state index in [1.54, 1.807) is 38.5 Å². The Morgan fingerprint density at radius 3 is 1.45 bits per heavy atom. The van der Waals surface area contributed by atoms with Gasteiger partial charge >= 0.3 is 0 Å². The lowest BCUT2D eigenvalue weighted by molar-refractivity contribution is 0.0932. The molecule has 4 aliphatic rings. The molecule has 8 heteroatoms. The number of halogens is 2. The van der Waals surface area contributed by atoms with Crippen molar-refractivity contribution in [2.45, 2.75) is 126 Å². The minimum atomic E-state index is -0.376. The summed E-state index contributed by atoms with van der Waals surface area (Å²) in [6, 6.07) is 6.83. The van der Waals surface area contributed by atoms with E-state index in [0.717, 1.165) is 64.2 Å². The average molecular weight is 626 g/mol. The number of hydrogen-bond acceptors (Lipinski definition) is 6. The van der Waals surface area contributed by atoms with Crippen LogP contribution in [0.4, 0.5) is 0 Å². The van der Waals surface area contributed by atoms with Crippen molar-refractivity contribution in [1.29, 1.82) is 0 Å². The molecule has 4 bridgehead atoms. The minimum absolute atomic E-state index is 0.00586. The summed E-state index contributed by atoms with van der Waals surface area (Å²) in [6.07, 6.45) is 8.48. The predicted octanol–water partition coefficient (Wildman–Crippen LogP) is 9.70. The van der Waals surface area contributed by atoms with Crippen LogP contribution in [0.5, 0.6) is 23.0 Å². The molecule has 4 aliphatic carbocycles. The molecule has 6 nitrogen and oxygen atoms in total. The topological polar surface area (TPSA) is 99.4 Å². The SMILES string of the molecule is CCCC[C@H]1CCC[C@@H](Cl)C[C@@H](OC)c2cc(O)c(c(O)c2)[C@@H](CC)CCC[C@@H](Cl)C[C@@H](OC)c2cc(O)c1c(O)c2. The van der Waals surface area contributed by atoms with Gasteiger partial charge in [0.25, 0.3) is 0 Å². The molecule has 0 heterocycles. The van der Waals surface area contributed by atoms with Gasteiger partial charge in [-0.2, -0.15) is 0 Å². The highest BCUT2D eigenvalue weighted by molar-refractivity contribution is 6.20. The zero-order valence-corrected chi connectivity index (χ0v) is 27.1. The number of methoxy groups -OCH3 is 2. The van der Waals surface area contributed by atoms with E-state index in [0.29, 0.717) is 35.1 Å². The number of aromatic hydroxyl groups is 4. The third kappa shape index (κ3) is 9.07. The highest BCUT2D eigenvalue weighted by Gasteiger charge is 2.27. The second-order valence-electron chi connectivity index (χ2n) is 11.9. The van der Waals surface area contributed by atoms with E-state index in [1.165, 1.54) is 0 Å². The predicted molar refractivity (Wildman–Crippen MR) is 171 cm³/mol. The molecule has 0 saturated heterocycles. The molecule has 4 N–H and O–H groups in total. The molecule has 0 aromatic heterocycles. The van der Waals surface area contributed by atoms with Crippen LogP contribution in [-0.4, -0.2) is 45.4 Å². The summed E-state index contributed by atoms with van der Waals surface area (Å²) < 4.78 is 11.5. The van der Waals surface area contributed by atoms with E-state index in [9.17, 15) is 20.4 Å². The third-order valence-electron chi connectivity index (χ3n) is 8.92. The van der Waals surface area contributed by atoms with Crippen LogP contribution in [0.1, 0.15) is 137 Å². The summed E-state index contributed by atoms with van der Waals surface area (Å²) in [4.78, 5) is 0. The molecule has 0 fully saturated rings. The molecule has 2 aromatic carbocycles. The quantitative estimate of drug-likeness (QED) is 0.239. The van der Waals surface area contributed by atoms with Crippen molar-refractivity contribution < 1.29 is 29.9 Å². The minimum Gasteiger partial charge on any atom is -0.508 e. The molecule has 0 saturated carbocycles. The van der Waals surface area contributed by atoms with Crippen LogP contribution in [0.25, 0.3) is 0 Å². The zero-order chi connectivity index (χ0) is 30.8. The molecule has 2 aromatic rings. The number of rotatable bonds is 6. The van der Waals surface area contributed by atoms with Gasteiger partial charge in [-0.3, -0.25) is 0 Å². The highest BCUT2D eigenvalue weighted by atomic mass is 35.5. The molecule has 0 radical (unpaired) electrons. The Balaban J connectivity index is 1.95. The third-order valence-corrected chi connectivity index (χ3v) is 9.72. The molecule has 0 spiro atoms. The number of hydrogen-bond donors (Lipinski definition) is 4. The molecular formula is C34H50Cl2O6. The fraction of sp³-hybridized carbons (Fsp3) is 0.647. The second kappa shape index (κ2) is 16.8. The van der Waals surface area contributed by atoms with Crippen molar-refractivity contribution >= 4 is 23.2 Å². The first kappa shape index (κ1) is 34.6. The molecule has 6 atom stereocenters. The van der Waals surface area contributed by atoms with Gasteiger partial charge in [0, 0.05) is 36.1 Å². The van der Waals surface area contributed by atoms with Crippen LogP contribution < -0.4 is 0 Å². The smallest absolute Gasteiger partial charge is 0.123 e. The fourth-order valence-electron chi connectivity index (χ4n) is 6.54. The van der Waals surface area contributed by atoms with Crippen LogP contribution in [0.2, 0.25) is 0 Å². The lowest BCUT2D eigenvalue weighted by Gasteiger charge is -2.25. The van der Waals surface area contributed by atoms with Gasteiger partial charge < -0.3 is 29.9 Å². The van der Waals surface area contributed by atoms with Crippen molar-refractivity contribution in [1.82, 2.24) is 0 Å². The molecular weight excluding hydrogens is 575 g/mol. The van der Waals surface area contributed by atoms with Crippen LogP contribution in [0.15, 0.2) is 24.3 Å². The summed E-state index contributed by atoms with van der Waals surface area (Å²) in [5.41, 5.74) is 2.54. The fourth-order valence-corrected chi connectivity index (χ4v) is 7.17. The Morgan fingerprint density at radius 2 is 1.07 bits per heavy atom. The standard InChI is InChI=1S/C34H50Cl2O6/c1-5-7-10-22-12-9-14-26(36)20-31(41-3)23-15-27(37)33(28(38)16-23)21(6-2)11-8-13-25(35)19-32(42-4)24-17-29(39)34(22)30(40)18-24/h15-18,21-22,25-26,31-32,37-40H,5-14,19-20H2,1-4H3/t21-,22-,25+,26+,31+,32+/m0/s1. The molecule has 6 rings (SSSR count). The van der Waals surface area contributed by atoms with Gasteiger partial charge in [-0.15, -0.1) is 23.2 Å². The van der Waals surface area contributed by atoms with Crippen molar-refractivity contribution in [2.24, 2.45) is 0 Å². The van der Waals surface area contributed by atoms with E-state index >= 15 is 0 Å². The van der Waals surface area contributed by atoms with Crippen LogP contribution in [0, 0.1) is 0 Å². The van der Waals surface area contributed by atoms with E-state index in [1.807, 2.05) is 6.92 Å². The van der Waals surface area contributed by atoms with Crippen LogP contribution in [0.3, 0.4) is 0 Å². The molecule has 0 aliphatic heterocycles. The summed E-state index contributed by atoms with van der Waals surface area (Å²) in [5, 5.41) is 43.9. The lowest BCUT2D eigenvalue weighted by Crippen LogP contribution is -2.12. The van der Waals surface area contributed by atoms with Crippen molar-refractivity contribution in [3.8, 4) is 23.0 Å². The number of benzene rings is 2. The maximum atomic E-state index is 11.1. The molecule has 42 heavy (non-hydrogen) atoms. The van der Waals surface area contributed by atoms with E-state index in [4.69, 9.17) is 32.7 Å². The molecule has 0 unspecified atom stereocenters. The summed E-state index contributed by atoms with van der Waals surface area (Å²) in [5.74, 6) is 0.316. The maximum absolute atomic E-state index is 11.1. The number of ether oxygens (including phenoxy) is 2. The van der Waals surface area contributed by atoms with Gasteiger partial charge in [-0.1, -0.05) is 39.5 Å². The Bertz CT molecular complexity index is 1080. The molecule has 236 valence electrons. The van der Waals surface area contributed by atoms with E-state index in [-0.39, 0.29) is 57.8 Å². The first-order chi connectivity index (χ1) is 20.1. The number of phenols is 4. The van der Waals surface area contributed by atoms with Crippen LogP contribution >= 0.6 is 23.2 Å². The van der Waals surface area contributed by atoms with Gasteiger partial charge in [0.15, 0.2) is 0 Å². The van der Waals surface area contributed by atoms with Crippen molar-refractivity contribution in [2.75, 3.05) is 14.2 Å². The summed E-state index contributed by atoms with van der Waals surface area (Å²) in [7, 11) is 3.23. The lowest BCUT2D eigenvalue weighted by atomic mass is 9.85. The van der Waals surface area contributed by atoms with Gasteiger partial charge in [0.2, 0.25) is 0 Å². The average Bonchev–Trinajstić information content (AvgIpc) is 2.94. The summed E-state index contributed by atoms with van der Waals surface area (Å²) >= 11 is 13.6. The van der Waals surface area contributed by atoms with Gasteiger partial charge in [0.1, 0.15) is 23.0 Å². The second-order valence-corrected chi connectivity index (χ2v) is 13.1. The molecule has 0 amide bonds. The normalized spacial score (nSPS) is 26.5. The van der Waals surface area contributed by atoms with Crippen molar-refractivity contribution in [3.63, 3.8) is 0 Å². The van der Waals surface area contributed by atoms with Crippen molar-refractivity contribution in [3.05, 3.63) is 46.5 Å². The first-order valence-corrected chi connectivity index (χ1v) is 16.5. The number of phenolic OH excluding ortho intramolecular Hbond substituents is 4. The van der Waals surface area contributed by atoms with Gasteiger partial charge in [-0.25, -0.2) is 0 Å². The van der Waals surface area contributed by atoms with E-state index < -0.39 is 0 Å². The van der Waals surface area contributed by atoms with Crippen LogP contribution in [-0.2, 0) is 9.47 Å². The number of unbranched alkanes of at least 4 members (excludes halogenated alkanes) is 1. The highest BCUT2D eigenvalue weighted by Crippen LogP contribution is 2.45. The maximum Gasteiger partial charge on any atom is 0.123 e. The Hall–Kier alpha value is -1.86. The van der Waals surface area contributed by atoms with E-state index in [2.05, 4.69) is 6.92 Å². The monoisotopic (exact) mass is 624 g/mol. The summed E-state index contributed by atoms with van der Waals surface area (Å²) in [6.45, 7) is 4.18. The Labute approximate surface area is 262 Å².